The van der Waals surface area contributed by atoms with Crippen LogP contribution < -0.4 is 0 Å². The summed E-state index contributed by atoms with van der Waals surface area (Å²) >= 11 is 1.28. The second kappa shape index (κ2) is 7.50. The minimum Gasteiger partial charge on any atom is -0.282 e. The summed E-state index contributed by atoms with van der Waals surface area (Å²) in [6, 6.07) is 15.3. The second-order valence-electron chi connectivity index (χ2n) is 6.00. The number of halogens is 2. The summed E-state index contributed by atoms with van der Waals surface area (Å²) in [6.45, 7) is 0. The summed E-state index contributed by atoms with van der Waals surface area (Å²) in [7, 11) is 0. The molecular weight excluding hydrogens is 542 g/mol. The molecule has 0 saturated carbocycles. The number of hydrogen-bond acceptors (Lipinski definition) is 2. The maximum absolute atomic E-state index is 12.3. The van der Waals surface area contributed by atoms with Crippen molar-refractivity contribution in [3.63, 3.8) is 0 Å². The number of rotatable bonds is 3. The van der Waals surface area contributed by atoms with E-state index in [0.717, 1.165) is 5.56 Å². The first kappa shape index (κ1) is 17.1. The van der Waals surface area contributed by atoms with E-state index in [1.165, 1.54) is 40.2 Å². The normalized spacial score (nSPS) is 18.7. The van der Waals surface area contributed by atoms with Crippen LogP contribution in [0.25, 0.3) is 0 Å². The Morgan fingerprint density at radius 1 is 1.21 bits per heavy atom. The lowest BCUT2D eigenvalue weighted by molar-refractivity contribution is 0.108. The summed E-state index contributed by atoms with van der Waals surface area (Å²) in [5, 5.41) is 0.227. The molecule has 0 aromatic heterocycles. The second-order valence-corrected chi connectivity index (χ2v) is 14.0. The minimum atomic E-state index is -0.0973. The number of thioether (sulfide) groups is 1. The van der Waals surface area contributed by atoms with E-state index in [9.17, 15) is 4.79 Å². The first-order valence-corrected chi connectivity index (χ1v) is 13.9. The predicted molar refractivity (Wildman–Crippen MR) is 123 cm³/mol. The Balaban J connectivity index is 1.67. The molecule has 4 heteroatoms. The van der Waals surface area contributed by atoms with Gasteiger partial charge in [0, 0.05) is 11.2 Å². The fraction of sp³-hybridized carbons (Fsp3) is 0.250. The molecule has 124 valence electrons. The first-order valence-electron chi connectivity index (χ1n) is 8.01. The molecule has 0 N–H and O–H groups in total. The van der Waals surface area contributed by atoms with Gasteiger partial charge in [0.2, 0.25) is 5.12 Å². The summed E-state index contributed by atoms with van der Waals surface area (Å²) in [6.07, 6.45) is 5.58. The van der Waals surface area contributed by atoms with Gasteiger partial charge in [-0.3, -0.25) is 4.79 Å². The molecule has 2 aliphatic rings. The topological polar surface area (TPSA) is 17.1 Å². The predicted octanol–water partition coefficient (Wildman–Crippen LogP) is 5.71. The molecule has 1 atom stereocenters. The Kier molecular flexibility index (Phi) is 5.34. The molecule has 2 aromatic rings. The summed E-state index contributed by atoms with van der Waals surface area (Å²) in [5.74, 6) is 0.674. The molecule has 0 spiro atoms. The third-order valence-corrected chi connectivity index (χ3v) is 12.5. The smallest absolute Gasteiger partial charge is 0.220 e. The number of benzene rings is 2. The van der Waals surface area contributed by atoms with E-state index in [4.69, 9.17) is 0 Å². The average molecular weight is 560 g/mol. The van der Waals surface area contributed by atoms with Crippen LogP contribution in [0.15, 0.2) is 42.5 Å². The van der Waals surface area contributed by atoms with Crippen LogP contribution in [0.4, 0.5) is 0 Å². The number of carbonyl (C=O) groups excluding carboxylic acids is 1. The zero-order valence-electron chi connectivity index (χ0n) is 13.4. The monoisotopic (exact) mass is 560 g/mol. The van der Waals surface area contributed by atoms with Crippen molar-refractivity contribution in [2.45, 2.75) is 25.2 Å². The van der Waals surface area contributed by atoms with E-state index in [1.54, 1.807) is 14.6 Å². The molecule has 0 saturated heterocycles. The third-order valence-electron chi connectivity index (χ3n) is 4.70. The van der Waals surface area contributed by atoms with Gasteiger partial charge in [0.1, 0.15) is 0 Å². The molecule has 0 fully saturated rings. The van der Waals surface area contributed by atoms with Gasteiger partial charge in [-0.25, -0.2) is 0 Å². The van der Waals surface area contributed by atoms with Crippen LogP contribution in [-0.2, 0) is 6.42 Å². The van der Waals surface area contributed by atoms with Crippen molar-refractivity contribution in [3.8, 4) is 0 Å². The van der Waals surface area contributed by atoms with Crippen molar-refractivity contribution in [1.82, 2.24) is 0 Å². The minimum absolute atomic E-state index is 0.0367. The van der Waals surface area contributed by atoms with Crippen molar-refractivity contribution in [2.75, 3.05) is 6.26 Å². The lowest BCUT2D eigenvalue weighted by Crippen LogP contribution is -2.11. The maximum Gasteiger partial charge on any atom is 0.220 e. The van der Waals surface area contributed by atoms with Gasteiger partial charge >= 0.3 is 0 Å². The fourth-order valence-electron chi connectivity index (χ4n) is 3.53. The van der Waals surface area contributed by atoms with Gasteiger partial charge in [-0.2, -0.15) is 0 Å². The standard InChI is InChI=1S/C20H18I2OS/c1-24-20(23)17-8-4-7-16-18(21-12-22-19(16)17)11-14-10-9-13-5-2-3-6-15(13)14/h2-8,12,14H,9-11H2,1H3. The Labute approximate surface area is 167 Å². The summed E-state index contributed by atoms with van der Waals surface area (Å²) in [5.41, 5.74) is 5.51. The molecule has 0 bridgehead atoms. The molecule has 1 unspecified atom stereocenters. The summed E-state index contributed by atoms with van der Waals surface area (Å²) < 4.78 is 5.59. The van der Waals surface area contributed by atoms with Crippen molar-refractivity contribution >= 4 is 63.9 Å². The van der Waals surface area contributed by atoms with E-state index < -0.39 is 0 Å². The number of carbonyl (C=O) groups is 1. The van der Waals surface area contributed by atoms with Crippen LogP contribution in [0.3, 0.4) is 0 Å². The van der Waals surface area contributed by atoms with Gasteiger partial charge in [-0.05, 0) is 57.7 Å². The largest absolute Gasteiger partial charge is 0.282 e. The highest BCUT2D eigenvalue weighted by Crippen LogP contribution is 2.39. The van der Waals surface area contributed by atoms with Crippen molar-refractivity contribution in [3.05, 3.63) is 68.3 Å². The Hall–Kier alpha value is -0.340. The zero-order valence-corrected chi connectivity index (χ0v) is 18.5. The van der Waals surface area contributed by atoms with Crippen molar-refractivity contribution < 1.29 is 4.79 Å². The molecule has 1 aliphatic carbocycles. The van der Waals surface area contributed by atoms with Gasteiger partial charge in [-0.1, -0.05) is 89.6 Å². The lowest BCUT2D eigenvalue weighted by atomic mass is 9.93. The molecule has 1 heterocycles. The van der Waals surface area contributed by atoms with Gasteiger partial charge in [0.15, 0.2) is 0 Å². The van der Waals surface area contributed by atoms with Gasteiger partial charge in [-0.15, -0.1) is 0 Å². The van der Waals surface area contributed by atoms with E-state index in [0.29, 0.717) is 5.92 Å². The molecule has 0 amide bonds. The van der Waals surface area contributed by atoms with E-state index in [-0.39, 0.29) is 46.6 Å². The maximum atomic E-state index is 12.3. The lowest BCUT2D eigenvalue weighted by Gasteiger charge is -2.19. The van der Waals surface area contributed by atoms with Crippen LogP contribution in [-0.4, -0.2) is 16.9 Å². The highest BCUT2D eigenvalue weighted by Gasteiger charge is 2.25. The van der Waals surface area contributed by atoms with Crippen LogP contribution in [0.1, 0.15) is 45.8 Å². The highest BCUT2D eigenvalue weighted by atomic mass is 127. The molecule has 24 heavy (non-hydrogen) atoms. The molecular formula is C20H18I2OS. The van der Waals surface area contributed by atoms with Crippen LogP contribution in [0.5, 0.6) is 0 Å². The van der Waals surface area contributed by atoms with Gasteiger partial charge < -0.3 is 0 Å². The highest BCUT2D eigenvalue weighted by molar-refractivity contribution is 14.3. The Morgan fingerprint density at radius 2 is 2.08 bits per heavy atom. The van der Waals surface area contributed by atoms with E-state index in [2.05, 4.69) is 38.4 Å². The number of hydrogen-bond donors (Lipinski definition) is 0. The van der Waals surface area contributed by atoms with Crippen LogP contribution >= 0.6 is 53.2 Å². The van der Waals surface area contributed by atoms with Gasteiger partial charge in [0.05, 0.1) is 0 Å². The number of fused-ring (bicyclic) bond motifs is 2. The molecule has 1 nitrogen and oxygen atoms in total. The summed E-state index contributed by atoms with van der Waals surface area (Å²) in [4.78, 5) is 12.3. The quantitative estimate of drug-likeness (QED) is 0.448. The molecule has 4 rings (SSSR count). The Morgan fingerprint density at radius 3 is 2.96 bits per heavy atom. The number of aryl methyl sites for hydroxylation is 1. The molecule has 2 aromatic carbocycles. The Bertz CT molecular complexity index is 870. The van der Waals surface area contributed by atoms with E-state index >= 15 is 0 Å². The van der Waals surface area contributed by atoms with E-state index in [1.807, 2.05) is 12.3 Å². The third kappa shape index (κ3) is 3.21. The van der Waals surface area contributed by atoms with Gasteiger partial charge in [0.25, 0.3) is 0 Å². The average Bonchev–Trinajstić information content (AvgIpc) is 3.04. The van der Waals surface area contributed by atoms with Crippen molar-refractivity contribution in [2.24, 2.45) is 0 Å². The fourth-order valence-corrected chi connectivity index (χ4v) is 12.7. The zero-order chi connectivity index (χ0) is 16.5. The van der Waals surface area contributed by atoms with Crippen LogP contribution in [0, 0.1) is 3.57 Å². The van der Waals surface area contributed by atoms with Crippen LogP contribution in [0.2, 0.25) is 0 Å². The van der Waals surface area contributed by atoms with Crippen molar-refractivity contribution in [1.29, 1.82) is 0 Å². The first-order chi connectivity index (χ1) is 11.8. The SMILES string of the molecule is CSC(=O)c1cccc2c1I=CI=C2CC1CCc2ccccc21. The molecule has 1 aliphatic heterocycles. The molecule has 0 radical (unpaired) electrons.